The molecule has 2 aromatic rings. The van der Waals surface area contributed by atoms with Crippen LogP contribution in [0.25, 0.3) is 5.65 Å². The van der Waals surface area contributed by atoms with Crippen molar-refractivity contribution in [3.63, 3.8) is 0 Å². The molecule has 10 heteroatoms. The Morgan fingerprint density at radius 1 is 1.03 bits per heavy atom. The van der Waals surface area contributed by atoms with Crippen LogP contribution in [0.2, 0.25) is 36.3 Å². The summed E-state index contributed by atoms with van der Waals surface area (Å²) in [6.45, 7) is 22.8. The first-order valence-electron chi connectivity index (χ1n) is 12.6. The van der Waals surface area contributed by atoms with Crippen LogP contribution in [-0.4, -0.2) is 57.8 Å². The van der Waals surface area contributed by atoms with E-state index in [1.165, 1.54) is 4.40 Å². The van der Waals surface area contributed by atoms with Crippen molar-refractivity contribution < 1.29 is 13.6 Å². The lowest BCUT2D eigenvalue weighted by molar-refractivity contribution is 0.0104. The molecule has 8 nitrogen and oxygen atoms in total. The van der Waals surface area contributed by atoms with E-state index in [-0.39, 0.29) is 21.9 Å². The van der Waals surface area contributed by atoms with Crippen LogP contribution in [-0.2, 0) is 13.6 Å². The van der Waals surface area contributed by atoms with Gasteiger partial charge >= 0.3 is 5.69 Å². The Labute approximate surface area is 218 Å². The Morgan fingerprint density at radius 3 is 2.19 bits per heavy atom. The average Bonchev–Trinajstić information content (AvgIpc) is 3.12. The van der Waals surface area contributed by atoms with Gasteiger partial charge < -0.3 is 18.5 Å². The molecule has 0 unspecified atom stereocenters. The zero-order valence-electron chi connectivity index (χ0n) is 24.1. The molecular formula is C26H44N4O4Si2. The summed E-state index contributed by atoms with van der Waals surface area (Å²) in [4.78, 5) is 23.2. The monoisotopic (exact) mass is 532 g/mol. The van der Waals surface area contributed by atoms with Crippen LogP contribution in [0.15, 0.2) is 35.0 Å². The molecule has 0 saturated heterocycles. The van der Waals surface area contributed by atoms with Crippen molar-refractivity contribution in [2.75, 3.05) is 25.6 Å². The van der Waals surface area contributed by atoms with E-state index in [0.717, 1.165) is 11.3 Å². The van der Waals surface area contributed by atoms with Crippen molar-refractivity contribution in [2.24, 2.45) is 0 Å². The lowest BCUT2D eigenvalue weighted by atomic mass is 10.1. The first-order chi connectivity index (χ1) is 16.3. The van der Waals surface area contributed by atoms with Gasteiger partial charge in [0.15, 0.2) is 14.0 Å². The molecule has 3 heterocycles. The Balaban J connectivity index is 2.04. The molecule has 0 fully saturated rings. The summed E-state index contributed by atoms with van der Waals surface area (Å²) in [5, 5.41) is 0.128. The summed E-state index contributed by atoms with van der Waals surface area (Å²) < 4.78 is 21.4. The largest absolute Gasteiger partial charge is 0.545 e. The fourth-order valence-corrected chi connectivity index (χ4v) is 5.44. The highest BCUT2D eigenvalue weighted by Crippen LogP contribution is 2.43. The summed E-state index contributed by atoms with van der Waals surface area (Å²) in [6.07, 6.45) is 2.97. The summed E-state index contributed by atoms with van der Waals surface area (Å²) >= 11 is 0. The van der Waals surface area contributed by atoms with E-state index in [2.05, 4.69) is 77.7 Å². The first kappa shape index (κ1) is 28.6. The van der Waals surface area contributed by atoms with E-state index in [9.17, 15) is 4.79 Å². The minimum Gasteiger partial charge on any atom is -0.545 e. The number of anilines is 1. The smallest absolute Gasteiger partial charge is 0.356 e. The fourth-order valence-electron chi connectivity index (χ4n) is 3.34. The van der Waals surface area contributed by atoms with Gasteiger partial charge in [-0.05, 0) is 48.4 Å². The highest BCUT2D eigenvalue weighted by Gasteiger charge is 2.44. The van der Waals surface area contributed by atoms with Crippen molar-refractivity contribution in [3.05, 3.63) is 46.2 Å². The predicted molar refractivity (Wildman–Crippen MR) is 151 cm³/mol. The van der Waals surface area contributed by atoms with Gasteiger partial charge in [0, 0.05) is 25.9 Å². The van der Waals surface area contributed by atoms with Crippen LogP contribution >= 0.6 is 0 Å². The lowest BCUT2D eigenvalue weighted by Gasteiger charge is -2.39. The Hall–Kier alpha value is -2.02. The second-order valence-corrected chi connectivity index (χ2v) is 22.4. The van der Waals surface area contributed by atoms with Crippen molar-refractivity contribution in [1.29, 1.82) is 0 Å². The molecule has 0 bridgehead atoms. The van der Waals surface area contributed by atoms with E-state index >= 15 is 0 Å². The van der Waals surface area contributed by atoms with E-state index in [4.69, 9.17) is 13.6 Å². The van der Waals surface area contributed by atoms with Crippen molar-refractivity contribution in [1.82, 2.24) is 14.4 Å². The quantitative estimate of drug-likeness (QED) is 0.434. The number of rotatable bonds is 7. The first-order valence-corrected chi connectivity index (χ1v) is 18.4. The van der Waals surface area contributed by atoms with Crippen LogP contribution in [0.3, 0.4) is 0 Å². The molecule has 2 atom stereocenters. The molecule has 0 N–H and O–H groups in total. The van der Waals surface area contributed by atoms with Gasteiger partial charge in [0.05, 0.1) is 6.61 Å². The third-order valence-electron chi connectivity index (χ3n) is 7.84. The summed E-state index contributed by atoms with van der Waals surface area (Å²) in [5.74, 6) is 1.18. The minimum absolute atomic E-state index is 0.0390. The molecule has 1 aliphatic rings. The highest BCUT2D eigenvalue weighted by molar-refractivity contribution is 6.74. The van der Waals surface area contributed by atoms with E-state index in [1.807, 2.05) is 32.3 Å². The zero-order chi connectivity index (χ0) is 27.3. The van der Waals surface area contributed by atoms with Gasteiger partial charge in [0.2, 0.25) is 14.3 Å². The van der Waals surface area contributed by atoms with Gasteiger partial charge in [-0.1, -0.05) is 47.6 Å². The van der Waals surface area contributed by atoms with Crippen LogP contribution < -0.4 is 10.6 Å². The molecule has 0 saturated carbocycles. The van der Waals surface area contributed by atoms with Crippen LogP contribution in [0.1, 0.15) is 53.2 Å². The molecule has 0 aliphatic carbocycles. The SMILES string of the molecule is CN(C)c1nc(=O)n2cccc([C@H]3C=C(O[Si](C)(C)C(C)(C)C)[C@@H](CO[Si](C)(C)C(C)(C)C)O3)c2n1. The van der Waals surface area contributed by atoms with Crippen molar-refractivity contribution >= 4 is 28.2 Å². The molecular weight excluding hydrogens is 488 g/mol. The molecule has 0 amide bonds. The third-order valence-corrected chi connectivity index (χ3v) is 16.7. The van der Waals surface area contributed by atoms with Gasteiger partial charge in [-0.25, -0.2) is 4.79 Å². The number of ether oxygens (including phenoxy) is 1. The molecule has 200 valence electrons. The number of nitrogens with zero attached hydrogens (tertiary/aromatic N) is 4. The standard InChI is InChI=1S/C26H44N4O4Si2/c1-25(2,3)35(9,10)32-17-21-20(34-36(11,12)26(4,5)6)16-19(33-21)18-14-13-15-30-22(18)27-23(29(7)8)28-24(30)31/h13-16,19,21H,17H2,1-12H3/t19-,21-/m1/s1. The second-order valence-electron chi connectivity index (χ2n) is 12.9. The minimum atomic E-state index is -2.12. The van der Waals surface area contributed by atoms with Crippen molar-refractivity contribution in [3.8, 4) is 0 Å². The van der Waals surface area contributed by atoms with E-state index in [1.54, 1.807) is 11.1 Å². The van der Waals surface area contributed by atoms with Gasteiger partial charge in [-0.3, -0.25) is 4.40 Å². The molecule has 2 aromatic heterocycles. The number of hydrogen-bond acceptors (Lipinski definition) is 7. The second kappa shape index (κ2) is 9.70. The van der Waals surface area contributed by atoms with Crippen LogP contribution in [0, 0.1) is 0 Å². The van der Waals surface area contributed by atoms with Gasteiger partial charge in [-0.2, -0.15) is 9.97 Å². The summed E-state index contributed by atoms with van der Waals surface area (Å²) in [5.41, 5.74) is 0.953. The zero-order valence-corrected chi connectivity index (χ0v) is 26.1. The molecule has 3 rings (SSSR count). The highest BCUT2D eigenvalue weighted by atomic mass is 28.4. The summed E-state index contributed by atoms with van der Waals surface area (Å²) in [6, 6.07) is 3.77. The molecule has 0 aromatic carbocycles. The van der Waals surface area contributed by atoms with Gasteiger partial charge in [0.25, 0.3) is 0 Å². The van der Waals surface area contributed by atoms with Gasteiger partial charge in [-0.15, -0.1) is 0 Å². The van der Waals surface area contributed by atoms with Crippen LogP contribution in [0.5, 0.6) is 0 Å². The molecule has 0 radical (unpaired) electrons. The lowest BCUT2D eigenvalue weighted by Crippen LogP contribution is -2.44. The van der Waals surface area contributed by atoms with E-state index < -0.39 is 22.7 Å². The molecule has 0 spiro atoms. The Bertz CT molecular complexity index is 1190. The maximum atomic E-state index is 12.7. The molecule has 36 heavy (non-hydrogen) atoms. The topological polar surface area (TPSA) is 78.2 Å². The number of hydrogen-bond donors (Lipinski definition) is 0. The predicted octanol–water partition coefficient (Wildman–Crippen LogP) is 5.52. The van der Waals surface area contributed by atoms with E-state index in [0.29, 0.717) is 18.2 Å². The summed E-state index contributed by atoms with van der Waals surface area (Å²) in [7, 11) is -0.476. The van der Waals surface area contributed by atoms with Crippen LogP contribution in [0.4, 0.5) is 5.95 Å². The number of fused-ring (bicyclic) bond motifs is 1. The molecule has 1 aliphatic heterocycles. The van der Waals surface area contributed by atoms with Crippen molar-refractivity contribution in [2.45, 2.75) is 90.0 Å². The van der Waals surface area contributed by atoms with Gasteiger partial charge in [0.1, 0.15) is 18.0 Å². The third kappa shape index (κ3) is 5.76. The normalized spacial score (nSPS) is 19.5. The number of pyridine rings is 1. The number of aromatic nitrogens is 3. The maximum Gasteiger partial charge on any atom is 0.356 e. The maximum absolute atomic E-state index is 12.7. The fraction of sp³-hybridized carbons (Fsp3) is 0.654. The Kier molecular flexibility index (Phi) is 7.69. The Morgan fingerprint density at radius 2 is 1.64 bits per heavy atom. The average molecular weight is 533 g/mol.